The smallest absolute Gasteiger partial charge is 0.223 e. The first kappa shape index (κ1) is 18.6. The van der Waals surface area contributed by atoms with E-state index in [0.717, 1.165) is 16.4 Å². The van der Waals surface area contributed by atoms with Gasteiger partial charge in [0.25, 0.3) is 0 Å². The Labute approximate surface area is 167 Å². The summed E-state index contributed by atoms with van der Waals surface area (Å²) in [5, 5.41) is 2.92. The number of carbonyl (C=O) groups excluding carboxylic acids is 1. The average molecular weight is 396 g/mol. The third-order valence-corrected chi connectivity index (χ3v) is 5.77. The Kier molecular flexibility index (Phi) is 5.62. The number of thiazole rings is 1. The van der Waals surface area contributed by atoms with Crippen molar-refractivity contribution in [3.8, 4) is 11.4 Å². The minimum absolute atomic E-state index is 0.128. The van der Waals surface area contributed by atoms with Gasteiger partial charge in [0.05, 0.1) is 22.1 Å². The van der Waals surface area contributed by atoms with E-state index in [1.54, 1.807) is 29.7 Å². The minimum atomic E-state index is -0.213. The summed E-state index contributed by atoms with van der Waals surface area (Å²) in [7, 11) is 0. The molecular formula is C21H21FN4OS. The van der Waals surface area contributed by atoms with Gasteiger partial charge >= 0.3 is 0 Å². The van der Waals surface area contributed by atoms with E-state index in [9.17, 15) is 9.18 Å². The van der Waals surface area contributed by atoms with E-state index < -0.39 is 0 Å². The molecule has 5 nitrogen and oxygen atoms in total. The van der Waals surface area contributed by atoms with Gasteiger partial charge in [0.15, 0.2) is 0 Å². The molecule has 0 atom stereocenters. The molecule has 3 aromatic rings. The number of anilines is 1. The van der Waals surface area contributed by atoms with Crippen LogP contribution in [-0.2, 0) is 11.2 Å². The SMILES string of the molecule is O=C(CCc1nc(-c2ccccn2)cs1)N1CCN(c2ccccc2F)CC1. The molecule has 0 radical (unpaired) electrons. The molecule has 0 spiro atoms. The van der Waals surface area contributed by atoms with Crippen LogP contribution in [-0.4, -0.2) is 47.0 Å². The van der Waals surface area contributed by atoms with Crippen molar-refractivity contribution in [2.45, 2.75) is 12.8 Å². The lowest BCUT2D eigenvalue weighted by molar-refractivity contribution is -0.131. The maximum absolute atomic E-state index is 13.9. The Balaban J connectivity index is 1.28. The predicted molar refractivity (Wildman–Crippen MR) is 109 cm³/mol. The number of rotatable bonds is 5. The molecule has 2 aromatic heterocycles. The summed E-state index contributed by atoms with van der Waals surface area (Å²) in [4.78, 5) is 25.3. The Bertz CT molecular complexity index is 938. The number of hydrogen-bond acceptors (Lipinski definition) is 5. The number of amides is 1. The van der Waals surface area contributed by atoms with Gasteiger partial charge in [0.1, 0.15) is 5.82 Å². The van der Waals surface area contributed by atoms with Gasteiger partial charge in [-0.3, -0.25) is 9.78 Å². The lowest BCUT2D eigenvalue weighted by atomic mass is 10.2. The molecule has 0 unspecified atom stereocenters. The average Bonchev–Trinajstić information content (AvgIpc) is 3.22. The fourth-order valence-corrected chi connectivity index (χ4v) is 4.13. The Morgan fingerprint density at radius 1 is 1.04 bits per heavy atom. The van der Waals surface area contributed by atoms with Crippen LogP contribution in [0.4, 0.5) is 10.1 Å². The van der Waals surface area contributed by atoms with E-state index in [-0.39, 0.29) is 11.7 Å². The largest absolute Gasteiger partial charge is 0.366 e. The van der Waals surface area contributed by atoms with Gasteiger partial charge in [-0.1, -0.05) is 18.2 Å². The highest BCUT2D eigenvalue weighted by Crippen LogP contribution is 2.22. The number of nitrogens with zero attached hydrogens (tertiary/aromatic N) is 4. The van der Waals surface area contributed by atoms with Crippen LogP contribution >= 0.6 is 11.3 Å². The lowest BCUT2D eigenvalue weighted by Crippen LogP contribution is -2.49. The Morgan fingerprint density at radius 2 is 1.82 bits per heavy atom. The second-order valence-electron chi connectivity index (χ2n) is 6.66. The topological polar surface area (TPSA) is 49.3 Å². The van der Waals surface area contributed by atoms with Crippen LogP contribution in [0.5, 0.6) is 0 Å². The zero-order valence-corrected chi connectivity index (χ0v) is 16.2. The van der Waals surface area contributed by atoms with Crippen molar-refractivity contribution < 1.29 is 9.18 Å². The summed E-state index contributed by atoms with van der Waals surface area (Å²) in [5.41, 5.74) is 2.31. The molecule has 0 aliphatic carbocycles. The molecule has 144 valence electrons. The standard InChI is InChI=1S/C21H21FN4OS/c22-16-5-1-2-7-19(16)25-11-13-26(14-12-25)21(27)9-8-20-24-18(15-28-20)17-6-3-4-10-23-17/h1-7,10,15H,8-9,11-14H2. The first-order valence-corrected chi connectivity index (χ1v) is 10.2. The molecule has 7 heteroatoms. The molecule has 1 aliphatic heterocycles. The maximum atomic E-state index is 13.9. The van der Waals surface area contributed by atoms with Crippen molar-refractivity contribution in [2.24, 2.45) is 0 Å². The molecule has 1 saturated heterocycles. The highest BCUT2D eigenvalue weighted by molar-refractivity contribution is 7.09. The summed E-state index contributed by atoms with van der Waals surface area (Å²) in [6.45, 7) is 2.52. The third kappa shape index (κ3) is 4.20. The Morgan fingerprint density at radius 3 is 2.57 bits per heavy atom. The van der Waals surface area contributed by atoms with Crippen molar-refractivity contribution in [1.82, 2.24) is 14.9 Å². The molecule has 4 rings (SSSR count). The highest BCUT2D eigenvalue weighted by atomic mass is 32.1. The fraction of sp³-hybridized carbons (Fsp3) is 0.286. The number of carbonyl (C=O) groups is 1. The quantitative estimate of drug-likeness (QED) is 0.661. The summed E-state index contributed by atoms with van der Waals surface area (Å²) in [6, 6.07) is 12.5. The van der Waals surface area contributed by atoms with Crippen molar-refractivity contribution >= 4 is 22.9 Å². The summed E-state index contributed by atoms with van der Waals surface area (Å²) in [6.07, 6.45) is 2.82. The van der Waals surface area contributed by atoms with Gasteiger partial charge in [-0.05, 0) is 24.3 Å². The fourth-order valence-electron chi connectivity index (χ4n) is 3.33. The first-order valence-electron chi connectivity index (χ1n) is 9.34. The number of benzene rings is 1. The maximum Gasteiger partial charge on any atom is 0.223 e. The second-order valence-corrected chi connectivity index (χ2v) is 7.60. The minimum Gasteiger partial charge on any atom is -0.366 e. The summed E-state index contributed by atoms with van der Waals surface area (Å²) in [5.74, 6) is -0.0856. The second kappa shape index (κ2) is 8.48. The molecule has 1 fully saturated rings. The molecule has 0 saturated carbocycles. The van der Waals surface area contributed by atoms with Crippen LogP contribution in [0.1, 0.15) is 11.4 Å². The molecule has 1 aromatic carbocycles. The number of aromatic nitrogens is 2. The van der Waals surface area contributed by atoms with Crippen LogP contribution in [0.2, 0.25) is 0 Å². The van der Waals surface area contributed by atoms with Gasteiger partial charge < -0.3 is 9.80 Å². The number of aryl methyl sites for hydroxylation is 1. The van der Waals surface area contributed by atoms with Gasteiger partial charge in [-0.25, -0.2) is 9.37 Å². The normalized spacial score (nSPS) is 14.3. The monoisotopic (exact) mass is 396 g/mol. The molecule has 3 heterocycles. The van der Waals surface area contributed by atoms with Crippen molar-refractivity contribution in [1.29, 1.82) is 0 Å². The molecule has 1 amide bonds. The molecular weight excluding hydrogens is 375 g/mol. The van der Waals surface area contributed by atoms with E-state index >= 15 is 0 Å². The number of pyridine rings is 1. The van der Waals surface area contributed by atoms with Crippen molar-refractivity contribution in [3.63, 3.8) is 0 Å². The van der Waals surface area contributed by atoms with Gasteiger partial charge in [0.2, 0.25) is 5.91 Å². The van der Waals surface area contributed by atoms with Gasteiger partial charge in [0, 0.05) is 50.6 Å². The Hall–Kier alpha value is -2.80. The first-order chi connectivity index (χ1) is 13.7. The van der Waals surface area contributed by atoms with E-state index in [1.807, 2.05) is 39.4 Å². The summed E-state index contributed by atoms with van der Waals surface area (Å²) < 4.78 is 13.9. The predicted octanol–water partition coefficient (Wildman–Crippen LogP) is 3.63. The third-order valence-electron chi connectivity index (χ3n) is 4.86. The van der Waals surface area contributed by atoms with Crippen LogP contribution in [0.25, 0.3) is 11.4 Å². The number of para-hydroxylation sites is 1. The molecule has 0 N–H and O–H groups in total. The number of piperazine rings is 1. The molecule has 28 heavy (non-hydrogen) atoms. The van der Waals surface area contributed by atoms with E-state index in [4.69, 9.17) is 0 Å². The summed E-state index contributed by atoms with van der Waals surface area (Å²) >= 11 is 1.56. The van der Waals surface area contributed by atoms with Crippen LogP contribution in [0, 0.1) is 5.82 Å². The highest BCUT2D eigenvalue weighted by Gasteiger charge is 2.22. The molecule has 0 bridgehead atoms. The van der Waals surface area contributed by atoms with Crippen molar-refractivity contribution in [3.05, 3.63) is 64.9 Å². The van der Waals surface area contributed by atoms with Crippen molar-refractivity contribution in [2.75, 3.05) is 31.1 Å². The number of hydrogen-bond donors (Lipinski definition) is 0. The zero-order chi connectivity index (χ0) is 19.3. The van der Waals surface area contributed by atoms with Crippen LogP contribution < -0.4 is 4.90 Å². The van der Waals surface area contributed by atoms with Gasteiger partial charge in [-0.2, -0.15) is 0 Å². The lowest BCUT2D eigenvalue weighted by Gasteiger charge is -2.36. The molecule has 1 aliphatic rings. The van der Waals surface area contributed by atoms with E-state index in [0.29, 0.717) is 44.7 Å². The zero-order valence-electron chi connectivity index (χ0n) is 15.4. The van der Waals surface area contributed by atoms with E-state index in [1.165, 1.54) is 6.07 Å². The van der Waals surface area contributed by atoms with Gasteiger partial charge in [-0.15, -0.1) is 11.3 Å². The number of halogens is 1. The van der Waals surface area contributed by atoms with E-state index in [2.05, 4.69) is 9.97 Å². The van der Waals surface area contributed by atoms with Crippen LogP contribution in [0.3, 0.4) is 0 Å². The van der Waals surface area contributed by atoms with Crippen LogP contribution in [0.15, 0.2) is 54.0 Å².